The molecule has 0 bridgehead atoms. The molecule has 0 spiro atoms. The van der Waals surface area contributed by atoms with Crippen LogP contribution in [-0.2, 0) is 4.79 Å². The van der Waals surface area contributed by atoms with Gasteiger partial charge in [0.25, 0.3) is 0 Å². The first-order valence-corrected chi connectivity index (χ1v) is 7.81. The molecule has 4 nitrogen and oxygen atoms in total. The summed E-state index contributed by atoms with van der Waals surface area (Å²) in [6.07, 6.45) is 3.44. The minimum atomic E-state index is -0.851. The number of aliphatic carboxylic acids is 1. The van der Waals surface area contributed by atoms with Crippen LogP contribution in [0.15, 0.2) is 70.6 Å². The first kappa shape index (κ1) is 16.0. The van der Waals surface area contributed by atoms with E-state index in [4.69, 9.17) is 5.11 Å². The predicted molar refractivity (Wildman–Crippen MR) is 93.1 cm³/mol. The summed E-state index contributed by atoms with van der Waals surface area (Å²) in [6.45, 7) is 0. The van der Waals surface area contributed by atoms with E-state index in [0.717, 1.165) is 11.4 Å². The molecule has 2 aromatic carbocycles. The Balaban J connectivity index is 2.07. The van der Waals surface area contributed by atoms with E-state index in [1.54, 1.807) is 12.4 Å². The van der Waals surface area contributed by atoms with Crippen molar-refractivity contribution in [1.82, 2.24) is 0 Å². The highest BCUT2D eigenvalue weighted by Crippen LogP contribution is 2.15. The molecule has 0 aliphatic rings. The molecular weight excluding hydrogens is 296 g/mol. The van der Waals surface area contributed by atoms with Gasteiger partial charge in [0.15, 0.2) is 0 Å². The standard InChI is InChI=1S/C17H16N2O2S/c20-17(21)13-22-16(11-18-14-7-3-1-4-8-14)12-19-15-9-5-2-6-10-15/h1-12,16H,13H2,(H,20,21). The zero-order valence-corrected chi connectivity index (χ0v) is 12.7. The van der Waals surface area contributed by atoms with Crippen molar-refractivity contribution >= 4 is 41.5 Å². The summed E-state index contributed by atoms with van der Waals surface area (Å²) in [5.74, 6) is -0.844. The molecule has 0 saturated carbocycles. The molecule has 0 saturated heterocycles. The molecule has 0 amide bonds. The van der Waals surface area contributed by atoms with Crippen molar-refractivity contribution in [2.75, 3.05) is 5.75 Å². The van der Waals surface area contributed by atoms with E-state index in [2.05, 4.69) is 9.98 Å². The highest BCUT2D eigenvalue weighted by atomic mass is 32.2. The second-order valence-electron chi connectivity index (χ2n) is 4.40. The van der Waals surface area contributed by atoms with E-state index in [9.17, 15) is 4.79 Å². The summed E-state index contributed by atoms with van der Waals surface area (Å²) in [7, 11) is 0. The van der Waals surface area contributed by atoms with Crippen molar-refractivity contribution in [3.63, 3.8) is 0 Å². The third-order valence-corrected chi connectivity index (χ3v) is 3.69. The Morgan fingerprint density at radius 2 is 1.41 bits per heavy atom. The number of para-hydroxylation sites is 2. The van der Waals surface area contributed by atoms with Crippen LogP contribution in [0.25, 0.3) is 0 Å². The second-order valence-corrected chi connectivity index (χ2v) is 5.56. The SMILES string of the molecule is O=C(O)CSC(C=Nc1ccccc1)C=Nc1ccccc1. The van der Waals surface area contributed by atoms with Crippen LogP contribution in [0.5, 0.6) is 0 Å². The number of carbonyl (C=O) groups is 1. The monoisotopic (exact) mass is 312 g/mol. The maximum atomic E-state index is 10.7. The maximum Gasteiger partial charge on any atom is 0.313 e. The third-order valence-electron chi connectivity index (χ3n) is 2.65. The Bertz CT molecular complexity index is 593. The second kappa shape index (κ2) is 8.79. The molecule has 0 heterocycles. The normalized spacial score (nSPS) is 12.7. The van der Waals surface area contributed by atoms with Crippen LogP contribution >= 0.6 is 11.8 Å². The molecule has 0 aliphatic carbocycles. The molecule has 0 fully saturated rings. The average molecular weight is 312 g/mol. The summed E-state index contributed by atoms with van der Waals surface area (Å²) < 4.78 is 0. The van der Waals surface area contributed by atoms with Gasteiger partial charge < -0.3 is 5.11 Å². The smallest absolute Gasteiger partial charge is 0.313 e. The molecule has 0 atom stereocenters. The Kier molecular flexibility index (Phi) is 6.39. The van der Waals surface area contributed by atoms with Crippen LogP contribution < -0.4 is 0 Å². The molecule has 2 aromatic rings. The Morgan fingerprint density at radius 3 is 1.82 bits per heavy atom. The lowest BCUT2D eigenvalue weighted by atomic mass is 10.3. The van der Waals surface area contributed by atoms with Crippen LogP contribution in [0.2, 0.25) is 0 Å². The first-order valence-electron chi connectivity index (χ1n) is 6.76. The van der Waals surface area contributed by atoms with Gasteiger partial charge in [0.05, 0.1) is 22.4 Å². The fourth-order valence-corrected chi connectivity index (χ4v) is 2.27. The van der Waals surface area contributed by atoms with Gasteiger partial charge in [0.1, 0.15) is 0 Å². The van der Waals surface area contributed by atoms with Crippen molar-refractivity contribution in [1.29, 1.82) is 0 Å². The van der Waals surface area contributed by atoms with E-state index < -0.39 is 5.97 Å². The first-order chi connectivity index (χ1) is 10.7. The number of rotatable bonds is 7. The predicted octanol–water partition coefficient (Wildman–Crippen LogP) is 3.98. The van der Waals surface area contributed by atoms with E-state index >= 15 is 0 Å². The van der Waals surface area contributed by atoms with Crippen molar-refractivity contribution in [3.8, 4) is 0 Å². The fourth-order valence-electron chi connectivity index (χ4n) is 1.64. The lowest BCUT2D eigenvalue weighted by Gasteiger charge is -2.04. The lowest BCUT2D eigenvalue weighted by Crippen LogP contribution is -2.10. The molecule has 0 radical (unpaired) electrons. The summed E-state index contributed by atoms with van der Waals surface area (Å²) in [6, 6.07) is 19.0. The molecule has 0 unspecified atom stereocenters. The van der Waals surface area contributed by atoms with E-state index in [1.165, 1.54) is 11.8 Å². The van der Waals surface area contributed by atoms with Gasteiger partial charge in [-0.05, 0) is 24.3 Å². The van der Waals surface area contributed by atoms with Gasteiger partial charge in [0, 0.05) is 12.4 Å². The fraction of sp³-hybridized carbons (Fsp3) is 0.118. The number of hydrogen-bond donors (Lipinski definition) is 1. The highest BCUT2D eigenvalue weighted by molar-refractivity contribution is 8.01. The van der Waals surface area contributed by atoms with Gasteiger partial charge in [0.2, 0.25) is 0 Å². The van der Waals surface area contributed by atoms with Gasteiger partial charge in [-0.3, -0.25) is 14.8 Å². The van der Waals surface area contributed by atoms with Crippen LogP contribution in [-0.4, -0.2) is 34.5 Å². The van der Waals surface area contributed by atoms with Gasteiger partial charge >= 0.3 is 5.97 Å². The van der Waals surface area contributed by atoms with Gasteiger partial charge in [-0.1, -0.05) is 36.4 Å². The van der Waals surface area contributed by atoms with Gasteiger partial charge in [-0.15, -0.1) is 11.8 Å². The molecule has 1 N–H and O–H groups in total. The topological polar surface area (TPSA) is 62.0 Å². The number of aliphatic imine (C=N–C) groups is 2. The zero-order valence-electron chi connectivity index (χ0n) is 11.9. The molecule has 22 heavy (non-hydrogen) atoms. The Labute approximate surface area is 133 Å². The van der Waals surface area contributed by atoms with Crippen molar-refractivity contribution in [3.05, 3.63) is 60.7 Å². The van der Waals surface area contributed by atoms with Crippen LogP contribution in [0, 0.1) is 0 Å². The molecule has 0 aliphatic heterocycles. The average Bonchev–Trinajstić information content (AvgIpc) is 2.56. The molecular formula is C17H16N2O2S. The van der Waals surface area contributed by atoms with Crippen molar-refractivity contribution < 1.29 is 9.90 Å². The van der Waals surface area contributed by atoms with Crippen LogP contribution in [0.4, 0.5) is 11.4 Å². The largest absolute Gasteiger partial charge is 0.481 e. The summed E-state index contributed by atoms with van der Waals surface area (Å²) >= 11 is 1.27. The number of hydrogen-bond acceptors (Lipinski definition) is 4. The van der Waals surface area contributed by atoms with Gasteiger partial charge in [-0.25, -0.2) is 0 Å². The number of carboxylic acids is 1. The van der Waals surface area contributed by atoms with Crippen molar-refractivity contribution in [2.24, 2.45) is 9.98 Å². The van der Waals surface area contributed by atoms with E-state index in [-0.39, 0.29) is 11.0 Å². The number of benzene rings is 2. The quantitative estimate of drug-likeness (QED) is 0.787. The Hall–Kier alpha value is -2.40. The molecule has 112 valence electrons. The van der Waals surface area contributed by atoms with Gasteiger partial charge in [-0.2, -0.15) is 0 Å². The van der Waals surface area contributed by atoms with Crippen LogP contribution in [0.3, 0.4) is 0 Å². The lowest BCUT2D eigenvalue weighted by molar-refractivity contribution is -0.133. The molecule has 5 heteroatoms. The molecule has 2 rings (SSSR count). The molecule has 0 aromatic heterocycles. The van der Waals surface area contributed by atoms with E-state index in [1.807, 2.05) is 60.7 Å². The maximum absolute atomic E-state index is 10.7. The Morgan fingerprint density at radius 1 is 0.955 bits per heavy atom. The number of nitrogens with zero attached hydrogens (tertiary/aromatic N) is 2. The number of thioether (sulfide) groups is 1. The summed E-state index contributed by atoms with van der Waals surface area (Å²) in [4.78, 5) is 19.5. The van der Waals surface area contributed by atoms with Crippen LogP contribution in [0.1, 0.15) is 0 Å². The summed E-state index contributed by atoms with van der Waals surface area (Å²) in [5, 5.41) is 8.63. The zero-order chi connectivity index (χ0) is 15.6. The third kappa shape index (κ3) is 5.93. The van der Waals surface area contributed by atoms with E-state index in [0.29, 0.717) is 0 Å². The highest BCUT2D eigenvalue weighted by Gasteiger charge is 2.06. The minimum Gasteiger partial charge on any atom is -0.481 e. The van der Waals surface area contributed by atoms with Crippen molar-refractivity contribution in [2.45, 2.75) is 5.25 Å². The summed E-state index contributed by atoms with van der Waals surface area (Å²) in [5.41, 5.74) is 1.66. The number of carboxylic acid groups (broad SMARTS) is 1. The minimum absolute atomic E-state index is 0.00624.